The highest BCUT2D eigenvalue weighted by molar-refractivity contribution is 5.95. The molecule has 2 amide bonds. The van der Waals surface area contributed by atoms with Crippen molar-refractivity contribution in [1.82, 2.24) is 5.32 Å². The van der Waals surface area contributed by atoms with Crippen molar-refractivity contribution in [2.45, 2.75) is 25.8 Å². The maximum absolute atomic E-state index is 13.7. The van der Waals surface area contributed by atoms with Crippen molar-refractivity contribution >= 4 is 11.8 Å². The lowest BCUT2D eigenvalue weighted by molar-refractivity contribution is -0.119. The maximum atomic E-state index is 13.7. The lowest BCUT2D eigenvalue weighted by Crippen LogP contribution is -2.46. The Morgan fingerprint density at radius 3 is 2.62 bits per heavy atom. The van der Waals surface area contributed by atoms with Gasteiger partial charge in [-0.25, -0.2) is 4.39 Å². The standard InChI is InChI=1S/C15H17FN2O3/c1-15(2,9-13(17)20)18-14(21)11-6-5-10(4-3-7-19)12(16)8-11/h5-6,8,19H,7,9H2,1-2H3,(H2,17,20)(H,18,21). The van der Waals surface area contributed by atoms with E-state index in [-0.39, 0.29) is 24.2 Å². The fourth-order valence-corrected chi connectivity index (χ4v) is 1.75. The predicted octanol–water partition coefficient (Wildman–Crippen LogP) is 0.553. The number of aliphatic hydroxyl groups excluding tert-OH is 1. The van der Waals surface area contributed by atoms with Crippen LogP contribution in [0.4, 0.5) is 4.39 Å². The van der Waals surface area contributed by atoms with Crippen molar-refractivity contribution in [2.24, 2.45) is 5.73 Å². The lowest BCUT2D eigenvalue weighted by Gasteiger charge is -2.24. The van der Waals surface area contributed by atoms with E-state index in [1.165, 1.54) is 12.1 Å². The van der Waals surface area contributed by atoms with Gasteiger partial charge in [0.05, 0.1) is 5.56 Å². The Morgan fingerprint density at radius 2 is 2.10 bits per heavy atom. The van der Waals surface area contributed by atoms with Crippen molar-refractivity contribution in [3.8, 4) is 11.8 Å². The number of primary amides is 1. The second-order valence-electron chi connectivity index (χ2n) is 5.14. The van der Waals surface area contributed by atoms with Gasteiger partial charge in [0, 0.05) is 17.5 Å². The van der Waals surface area contributed by atoms with E-state index >= 15 is 0 Å². The van der Waals surface area contributed by atoms with Crippen LogP contribution in [0.2, 0.25) is 0 Å². The SMILES string of the molecule is CC(C)(CC(N)=O)NC(=O)c1ccc(C#CCO)c(F)c1. The fourth-order valence-electron chi connectivity index (χ4n) is 1.75. The summed E-state index contributed by atoms with van der Waals surface area (Å²) in [6, 6.07) is 3.82. The monoisotopic (exact) mass is 292 g/mol. The topological polar surface area (TPSA) is 92.4 Å². The summed E-state index contributed by atoms with van der Waals surface area (Å²) in [5.41, 5.74) is 4.48. The molecule has 0 bridgehead atoms. The number of amides is 2. The number of carbonyl (C=O) groups is 2. The van der Waals surface area contributed by atoms with Crippen LogP contribution >= 0.6 is 0 Å². The normalized spacial score (nSPS) is 10.5. The first kappa shape index (κ1) is 16.7. The minimum Gasteiger partial charge on any atom is -0.384 e. The lowest BCUT2D eigenvalue weighted by atomic mass is 9.99. The molecule has 112 valence electrons. The van der Waals surface area contributed by atoms with Crippen molar-refractivity contribution in [1.29, 1.82) is 0 Å². The smallest absolute Gasteiger partial charge is 0.251 e. The molecule has 0 aliphatic carbocycles. The first-order valence-electron chi connectivity index (χ1n) is 6.25. The number of hydrogen-bond acceptors (Lipinski definition) is 3. The summed E-state index contributed by atoms with van der Waals surface area (Å²) >= 11 is 0. The van der Waals surface area contributed by atoms with Crippen LogP contribution in [-0.4, -0.2) is 29.1 Å². The molecule has 21 heavy (non-hydrogen) atoms. The minimum atomic E-state index is -0.825. The summed E-state index contributed by atoms with van der Waals surface area (Å²) in [4.78, 5) is 22.9. The zero-order valence-corrected chi connectivity index (χ0v) is 11.9. The molecular weight excluding hydrogens is 275 g/mol. The molecule has 0 radical (unpaired) electrons. The van der Waals surface area contributed by atoms with E-state index in [1.807, 2.05) is 0 Å². The Balaban J connectivity index is 2.89. The highest BCUT2D eigenvalue weighted by Crippen LogP contribution is 2.13. The number of rotatable bonds is 4. The van der Waals surface area contributed by atoms with Crippen molar-refractivity contribution in [3.05, 3.63) is 35.1 Å². The van der Waals surface area contributed by atoms with E-state index in [4.69, 9.17) is 10.8 Å². The quantitative estimate of drug-likeness (QED) is 0.708. The molecule has 0 aromatic heterocycles. The van der Waals surface area contributed by atoms with Crippen LogP contribution in [0.3, 0.4) is 0 Å². The molecule has 0 aliphatic rings. The van der Waals surface area contributed by atoms with Crippen LogP contribution < -0.4 is 11.1 Å². The summed E-state index contributed by atoms with van der Waals surface area (Å²) in [6.45, 7) is 2.92. The Labute approximate surface area is 122 Å². The highest BCUT2D eigenvalue weighted by Gasteiger charge is 2.23. The van der Waals surface area contributed by atoms with Gasteiger partial charge >= 0.3 is 0 Å². The molecule has 5 nitrogen and oxygen atoms in total. The van der Waals surface area contributed by atoms with Gasteiger partial charge in [0.15, 0.2) is 0 Å². The first-order valence-corrected chi connectivity index (χ1v) is 6.25. The summed E-state index contributed by atoms with van der Waals surface area (Å²) in [5.74, 6) is 3.05. The molecule has 0 saturated carbocycles. The molecule has 0 heterocycles. The van der Waals surface area contributed by atoms with E-state index in [1.54, 1.807) is 13.8 Å². The second kappa shape index (κ2) is 6.86. The molecule has 6 heteroatoms. The molecule has 0 unspecified atom stereocenters. The third-order valence-electron chi connectivity index (χ3n) is 2.60. The van der Waals surface area contributed by atoms with Gasteiger partial charge in [0.25, 0.3) is 5.91 Å². The van der Waals surface area contributed by atoms with Crippen molar-refractivity contribution in [2.75, 3.05) is 6.61 Å². The van der Waals surface area contributed by atoms with Gasteiger partial charge in [-0.2, -0.15) is 0 Å². The predicted molar refractivity (Wildman–Crippen MR) is 75.7 cm³/mol. The van der Waals surface area contributed by atoms with Crippen LogP contribution in [0.5, 0.6) is 0 Å². The summed E-state index contributed by atoms with van der Waals surface area (Å²) in [6.07, 6.45) is -0.0265. The average Bonchev–Trinajstić information content (AvgIpc) is 2.34. The Bertz CT molecular complexity index is 615. The molecule has 4 N–H and O–H groups in total. The Morgan fingerprint density at radius 1 is 1.43 bits per heavy atom. The summed E-state index contributed by atoms with van der Waals surface area (Å²) in [7, 11) is 0. The van der Waals surface area contributed by atoms with E-state index in [9.17, 15) is 14.0 Å². The van der Waals surface area contributed by atoms with Gasteiger partial charge < -0.3 is 16.2 Å². The number of benzene rings is 1. The van der Waals surface area contributed by atoms with E-state index in [0.717, 1.165) is 6.07 Å². The number of aliphatic hydroxyl groups is 1. The third-order valence-corrected chi connectivity index (χ3v) is 2.60. The van der Waals surface area contributed by atoms with Gasteiger partial charge in [0.1, 0.15) is 12.4 Å². The molecule has 1 aromatic carbocycles. The fraction of sp³-hybridized carbons (Fsp3) is 0.333. The summed E-state index contributed by atoms with van der Waals surface area (Å²) in [5, 5.41) is 11.2. The van der Waals surface area contributed by atoms with Gasteiger partial charge in [-0.1, -0.05) is 11.8 Å². The van der Waals surface area contributed by atoms with Crippen molar-refractivity contribution in [3.63, 3.8) is 0 Å². The summed E-state index contributed by atoms with van der Waals surface area (Å²) < 4.78 is 13.7. The van der Waals surface area contributed by atoms with Crippen LogP contribution in [0.15, 0.2) is 18.2 Å². The van der Waals surface area contributed by atoms with E-state index < -0.39 is 23.2 Å². The van der Waals surface area contributed by atoms with Gasteiger partial charge in [-0.15, -0.1) is 0 Å². The minimum absolute atomic E-state index is 0.0265. The Kier molecular flexibility index (Phi) is 5.44. The molecule has 0 fully saturated rings. The number of halogens is 1. The number of nitrogens with two attached hydrogens (primary N) is 1. The third kappa shape index (κ3) is 5.24. The van der Waals surface area contributed by atoms with E-state index in [2.05, 4.69) is 17.2 Å². The molecule has 0 saturated heterocycles. The molecule has 1 rings (SSSR count). The highest BCUT2D eigenvalue weighted by atomic mass is 19.1. The van der Waals surface area contributed by atoms with Crippen LogP contribution in [0, 0.1) is 17.7 Å². The molecule has 0 aliphatic heterocycles. The molecule has 0 spiro atoms. The second-order valence-corrected chi connectivity index (χ2v) is 5.14. The zero-order valence-electron chi connectivity index (χ0n) is 11.9. The largest absolute Gasteiger partial charge is 0.384 e. The van der Waals surface area contributed by atoms with Crippen molar-refractivity contribution < 1.29 is 19.1 Å². The average molecular weight is 292 g/mol. The van der Waals surface area contributed by atoms with Gasteiger partial charge in [-0.05, 0) is 32.0 Å². The Hall–Kier alpha value is -2.39. The number of carbonyl (C=O) groups excluding carboxylic acids is 2. The van der Waals surface area contributed by atoms with Gasteiger partial charge in [0.2, 0.25) is 5.91 Å². The number of nitrogens with one attached hydrogen (secondary N) is 1. The van der Waals surface area contributed by atoms with Crippen LogP contribution in [0.1, 0.15) is 36.2 Å². The molecule has 1 aromatic rings. The van der Waals surface area contributed by atoms with Crippen LogP contribution in [-0.2, 0) is 4.79 Å². The maximum Gasteiger partial charge on any atom is 0.251 e. The zero-order chi connectivity index (χ0) is 16.0. The molecule has 0 atom stereocenters. The molecular formula is C15H17FN2O3. The van der Waals surface area contributed by atoms with Crippen LogP contribution in [0.25, 0.3) is 0 Å². The number of hydrogen-bond donors (Lipinski definition) is 3. The first-order chi connectivity index (χ1) is 9.75. The van der Waals surface area contributed by atoms with E-state index in [0.29, 0.717) is 0 Å². The van der Waals surface area contributed by atoms with Gasteiger partial charge in [-0.3, -0.25) is 9.59 Å².